The summed E-state index contributed by atoms with van der Waals surface area (Å²) in [4.78, 5) is 14.5. The van der Waals surface area contributed by atoms with Crippen LogP contribution in [0.25, 0.3) is 0 Å². The quantitative estimate of drug-likeness (QED) is 0.789. The van der Waals surface area contributed by atoms with Crippen molar-refractivity contribution in [2.45, 2.75) is 24.7 Å². The lowest BCUT2D eigenvalue weighted by molar-refractivity contribution is 0.242. The van der Waals surface area contributed by atoms with Crippen LogP contribution in [0.5, 0.6) is 0 Å². The van der Waals surface area contributed by atoms with Crippen LogP contribution >= 0.6 is 11.6 Å². The number of hydrogen-bond donors (Lipinski definition) is 0. The third-order valence-corrected chi connectivity index (χ3v) is 4.56. The molecule has 0 aromatic carbocycles. The Morgan fingerprint density at radius 1 is 1.32 bits per heavy atom. The van der Waals surface area contributed by atoms with Gasteiger partial charge in [-0.15, -0.1) is 0 Å². The van der Waals surface area contributed by atoms with Gasteiger partial charge in [-0.05, 0) is 11.6 Å². The van der Waals surface area contributed by atoms with Crippen LogP contribution in [-0.4, -0.2) is 41.1 Å². The molecule has 8 heteroatoms. The molecular weight excluding hydrogens is 324 g/mol. The smallest absolute Gasteiger partial charge is 0.246 e. The minimum atomic E-state index is -3.36. The molecule has 2 aromatic heterocycles. The first-order valence-corrected chi connectivity index (χ1v) is 9.05. The maximum atomic E-state index is 11.5. The number of fused-ring (bicyclic) bond motifs is 1. The Kier molecular flexibility index (Phi) is 4.12. The molecular formula is C14H15ClN4O2S. The summed E-state index contributed by atoms with van der Waals surface area (Å²) in [6.07, 6.45) is 6.84. The third kappa shape index (κ3) is 3.43. The van der Waals surface area contributed by atoms with Crippen LogP contribution in [0, 0.1) is 0 Å². The van der Waals surface area contributed by atoms with E-state index in [2.05, 4.69) is 19.9 Å². The van der Waals surface area contributed by atoms with Gasteiger partial charge < -0.3 is 0 Å². The van der Waals surface area contributed by atoms with Crippen molar-refractivity contribution in [3.63, 3.8) is 0 Å². The highest BCUT2D eigenvalue weighted by atomic mass is 35.5. The van der Waals surface area contributed by atoms with E-state index in [1.165, 1.54) is 0 Å². The molecule has 1 aliphatic rings. The molecule has 0 atom stereocenters. The first-order chi connectivity index (χ1) is 10.4. The highest BCUT2D eigenvalue weighted by Gasteiger charge is 2.21. The van der Waals surface area contributed by atoms with Crippen LogP contribution in [0.3, 0.4) is 0 Å². The van der Waals surface area contributed by atoms with E-state index >= 15 is 0 Å². The summed E-state index contributed by atoms with van der Waals surface area (Å²) in [6.45, 7) is 2.23. The molecule has 6 nitrogen and oxygen atoms in total. The molecule has 22 heavy (non-hydrogen) atoms. The summed E-state index contributed by atoms with van der Waals surface area (Å²) in [5.74, 6) is 0. The molecule has 1 aliphatic heterocycles. The maximum Gasteiger partial charge on any atom is 0.246 e. The highest BCUT2D eigenvalue weighted by Crippen LogP contribution is 2.20. The second-order valence-corrected chi connectivity index (χ2v) is 7.71. The lowest BCUT2D eigenvalue weighted by Crippen LogP contribution is -2.31. The summed E-state index contributed by atoms with van der Waals surface area (Å²) < 4.78 is 23.0. The van der Waals surface area contributed by atoms with Crippen molar-refractivity contribution >= 4 is 21.4 Å². The number of aromatic nitrogens is 3. The van der Waals surface area contributed by atoms with Crippen LogP contribution in [0.1, 0.15) is 16.8 Å². The summed E-state index contributed by atoms with van der Waals surface area (Å²) in [5.41, 5.74) is 2.83. The molecule has 0 bridgehead atoms. The van der Waals surface area contributed by atoms with E-state index in [1.54, 1.807) is 18.6 Å². The number of rotatable bonds is 3. The molecule has 3 rings (SSSR count). The Balaban J connectivity index is 1.77. The van der Waals surface area contributed by atoms with Crippen LogP contribution in [-0.2, 0) is 29.3 Å². The Labute approximate surface area is 134 Å². The van der Waals surface area contributed by atoms with Crippen molar-refractivity contribution < 1.29 is 8.42 Å². The minimum absolute atomic E-state index is 0.0984. The van der Waals surface area contributed by atoms with Crippen molar-refractivity contribution in [2.75, 3.05) is 12.8 Å². The standard InChI is InChI=1S/C14H15ClN4O2S/c1-22(20,21)14-17-6-11-9-19(3-2-13(11)18-14)8-10-4-12(15)7-16-5-10/h4-7H,2-3,8-9H2,1H3. The zero-order valence-corrected chi connectivity index (χ0v) is 13.6. The van der Waals surface area contributed by atoms with Gasteiger partial charge in [0, 0.05) is 56.5 Å². The molecule has 0 unspecified atom stereocenters. The van der Waals surface area contributed by atoms with Gasteiger partial charge in [-0.2, -0.15) is 0 Å². The molecule has 0 aliphatic carbocycles. The van der Waals surface area contributed by atoms with E-state index in [0.29, 0.717) is 18.0 Å². The molecule has 0 saturated carbocycles. The second kappa shape index (κ2) is 5.91. The number of halogens is 1. The Bertz CT molecular complexity index is 810. The monoisotopic (exact) mass is 338 g/mol. The number of nitrogens with zero attached hydrogens (tertiary/aromatic N) is 4. The fourth-order valence-corrected chi connectivity index (χ4v) is 3.19. The molecule has 0 amide bonds. The molecule has 0 spiro atoms. The van der Waals surface area contributed by atoms with E-state index in [-0.39, 0.29) is 5.16 Å². The van der Waals surface area contributed by atoms with Crippen molar-refractivity contribution in [3.8, 4) is 0 Å². The van der Waals surface area contributed by atoms with Crippen molar-refractivity contribution in [1.82, 2.24) is 19.9 Å². The van der Waals surface area contributed by atoms with E-state index < -0.39 is 9.84 Å². The molecule has 2 aromatic rings. The average Bonchev–Trinajstić information content (AvgIpc) is 2.45. The van der Waals surface area contributed by atoms with Gasteiger partial charge in [0.15, 0.2) is 0 Å². The van der Waals surface area contributed by atoms with Gasteiger partial charge >= 0.3 is 0 Å². The van der Waals surface area contributed by atoms with Gasteiger partial charge in [0.05, 0.1) is 10.7 Å². The lowest BCUT2D eigenvalue weighted by Gasteiger charge is -2.27. The Morgan fingerprint density at radius 2 is 2.14 bits per heavy atom. The van der Waals surface area contributed by atoms with Gasteiger partial charge in [0.25, 0.3) is 0 Å². The second-order valence-electron chi connectivity index (χ2n) is 5.37. The van der Waals surface area contributed by atoms with E-state index in [0.717, 1.165) is 36.2 Å². The molecule has 0 radical (unpaired) electrons. The Hall–Kier alpha value is -1.57. The van der Waals surface area contributed by atoms with Crippen molar-refractivity contribution in [3.05, 3.63) is 46.5 Å². The van der Waals surface area contributed by atoms with Crippen molar-refractivity contribution in [2.24, 2.45) is 0 Å². The summed E-state index contributed by atoms with van der Waals surface area (Å²) in [7, 11) is -3.36. The van der Waals surface area contributed by atoms with Crippen molar-refractivity contribution in [1.29, 1.82) is 0 Å². The average molecular weight is 339 g/mol. The van der Waals surface area contributed by atoms with Gasteiger partial charge in [-0.3, -0.25) is 9.88 Å². The van der Waals surface area contributed by atoms with Gasteiger partial charge in [-0.25, -0.2) is 18.4 Å². The summed E-state index contributed by atoms with van der Waals surface area (Å²) in [6, 6.07) is 1.90. The molecule has 116 valence electrons. The zero-order valence-electron chi connectivity index (χ0n) is 12.0. The van der Waals surface area contributed by atoms with Crippen LogP contribution in [0.2, 0.25) is 5.02 Å². The minimum Gasteiger partial charge on any atom is -0.294 e. The highest BCUT2D eigenvalue weighted by molar-refractivity contribution is 7.90. The molecule has 0 saturated heterocycles. The van der Waals surface area contributed by atoms with E-state index in [9.17, 15) is 8.42 Å². The van der Waals surface area contributed by atoms with Crippen LogP contribution in [0.15, 0.2) is 29.8 Å². The first kappa shape index (κ1) is 15.3. The maximum absolute atomic E-state index is 11.5. The van der Waals surface area contributed by atoms with E-state index in [4.69, 9.17) is 11.6 Å². The first-order valence-electron chi connectivity index (χ1n) is 6.78. The fraction of sp³-hybridized carbons (Fsp3) is 0.357. The lowest BCUT2D eigenvalue weighted by atomic mass is 10.1. The zero-order chi connectivity index (χ0) is 15.7. The topological polar surface area (TPSA) is 76.1 Å². The number of hydrogen-bond acceptors (Lipinski definition) is 6. The molecule has 0 N–H and O–H groups in total. The SMILES string of the molecule is CS(=O)(=O)c1ncc2c(n1)CCN(Cc1cncc(Cl)c1)C2. The Morgan fingerprint density at radius 3 is 2.86 bits per heavy atom. The van der Waals surface area contributed by atoms with Gasteiger partial charge in [-0.1, -0.05) is 11.6 Å². The summed E-state index contributed by atoms with van der Waals surface area (Å²) in [5, 5.41) is 0.523. The predicted molar refractivity (Wildman–Crippen MR) is 82.2 cm³/mol. The van der Waals surface area contributed by atoms with E-state index in [1.807, 2.05) is 6.07 Å². The van der Waals surface area contributed by atoms with Crippen LogP contribution < -0.4 is 0 Å². The number of sulfone groups is 1. The van der Waals surface area contributed by atoms with Gasteiger partial charge in [0.2, 0.25) is 15.0 Å². The molecule has 3 heterocycles. The fourth-order valence-electron chi connectivity index (χ4n) is 2.47. The van der Waals surface area contributed by atoms with Crippen LogP contribution in [0.4, 0.5) is 0 Å². The predicted octanol–water partition coefficient (Wildman–Crippen LogP) is 1.49. The summed E-state index contributed by atoms with van der Waals surface area (Å²) >= 11 is 5.95. The largest absolute Gasteiger partial charge is 0.294 e. The van der Waals surface area contributed by atoms with Gasteiger partial charge in [0.1, 0.15) is 0 Å². The normalized spacial score (nSPS) is 15.5. The number of pyridine rings is 1. The molecule has 0 fully saturated rings. The third-order valence-electron chi connectivity index (χ3n) is 3.49.